The highest BCUT2D eigenvalue weighted by Gasteiger charge is 2.11. The van der Waals surface area contributed by atoms with Crippen LogP contribution in [0.15, 0.2) is 30.5 Å². The van der Waals surface area contributed by atoms with Gasteiger partial charge in [-0.2, -0.15) is 0 Å². The minimum atomic E-state index is -0.943. The summed E-state index contributed by atoms with van der Waals surface area (Å²) in [5, 5.41) is 14.0. The first-order valence-corrected chi connectivity index (χ1v) is 6.59. The van der Waals surface area contributed by atoms with Crippen molar-refractivity contribution >= 4 is 22.6 Å². The van der Waals surface area contributed by atoms with Crippen LogP contribution in [0.25, 0.3) is 10.8 Å². The first kappa shape index (κ1) is 13.3. The lowest BCUT2D eigenvalue weighted by atomic mass is 10.1. The van der Waals surface area contributed by atoms with E-state index < -0.39 is 5.97 Å². The van der Waals surface area contributed by atoms with E-state index in [1.165, 1.54) is 19.0 Å². The Kier molecular flexibility index (Phi) is 4.34. The molecule has 2 rings (SSSR count). The summed E-state index contributed by atoms with van der Waals surface area (Å²) in [6, 6.07) is 7.46. The van der Waals surface area contributed by atoms with Gasteiger partial charge in [-0.15, -0.1) is 0 Å². The summed E-state index contributed by atoms with van der Waals surface area (Å²) in [7, 11) is 0. The Morgan fingerprint density at radius 3 is 2.68 bits per heavy atom. The second kappa shape index (κ2) is 6.18. The number of benzene rings is 1. The van der Waals surface area contributed by atoms with Crippen molar-refractivity contribution in [2.45, 2.75) is 26.2 Å². The van der Waals surface area contributed by atoms with E-state index in [0.29, 0.717) is 0 Å². The summed E-state index contributed by atoms with van der Waals surface area (Å²) >= 11 is 0. The highest BCUT2D eigenvalue weighted by Crippen LogP contribution is 2.24. The largest absolute Gasteiger partial charge is 0.478 e. The zero-order chi connectivity index (χ0) is 13.7. The number of unbranched alkanes of at least 4 members (excludes halogenated alkanes) is 2. The van der Waals surface area contributed by atoms with E-state index >= 15 is 0 Å². The number of carboxylic acids is 1. The first-order chi connectivity index (χ1) is 9.24. The molecule has 0 aliphatic heterocycles. The minimum Gasteiger partial charge on any atom is -0.478 e. The number of hydrogen-bond acceptors (Lipinski definition) is 3. The molecular formula is C15H18N2O2. The predicted octanol–water partition coefficient (Wildman–Crippen LogP) is 3.54. The van der Waals surface area contributed by atoms with Crippen LogP contribution in [0.4, 0.5) is 5.82 Å². The number of carbonyl (C=O) groups is 1. The maximum Gasteiger partial charge on any atom is 0.337 e. The van der Waals surface area contributed by atoms with Crippen LogP contribution < -0.4 is 5.32 Å². The van der Waals surface area contributed by atoms with Gasteiger partial charge < -0.3 is 10.4 Å². The quantitative estimate of drug-likeness (QED) is 0.778. The van der Waals surface area contributed by atoms with Crippen LogP contribution in [0.2, 0.25) is 0 Å². The first-order valence-electron chi connectivity index (χ1n) is 6.59. The molecule has 4 heteroatoms. The van der Waals surface area contributed by atoms with Crippen molar-refractivity contribution in [2.24, 2.45) is 0 Å². The molecule has 0 bridgehead atoms. The van der Waals surface area contributed by atoms with Gasteiger partial charge in [0, 0.05) is 23.5 Å². The SMILES string of the molecule is CCCCCNc1ncc(C(=O)O)c2ccccc12. The van der Waals surface area contributed by atoms with Crippen molar-refractivity contribution in [2.75, 3.05) is 11.9 Å². The molecule has 0 unspecified atom stereocenters. The summed E-state index contributed by atoms with van der Waals surface area (Å²) in [5.74, 6) is -0.182. The minimum absolute atomic E-state index is 0.245. The highest BCUT2D eigenvalue weighted by molar-refractivity contribution is 6.06. The van der Waals surface area contributed by atoms with Gasteiger partial charge in [0.15, 0.2) is 0 Å². The second-order valence-corrected chi connectivity index (χ2v) is 4.51. The number of hydrogen-bond donors (Lipinski definition) is 2. The van der Waals surface area contributed by atoms with Gasteiger partial charge in [0.05, 0.1) is 5.56 Å². The normalized spacial score (nSPS) is 10.6. The number of pyridine rings is 1. The van der Waals surface area contributed by atoms with Crippen LogP contribution in [-0.4, -0.2) is 22.6 Å². The fraction of sp³-hybridized carbons (Fsp3) is 0.333. The third kappa shape index (κ3) is 3.02. The topological polar surface area (TPSA) is 62.2 Å². The highest BCUT2D eigenvalue weighted by atomic mass is 16.4. The van der Waals surface area contributed by atoms with E-state index in [1.807, 2.05) is 24.3 Å². The van der Waals surface area contributed by atoms with Gasteiger partial charge in [-0.25, -0.2) is 9.78 Å². The molecule has 0 radical (unpaired) electrons. The van der Waals surface area contributed by atoms with E-state index in [4.69, 9.17) is 5.11 Å². The number of carboxylic acid groups (broad SMARTS) is 1. The third-order valence-corrected chi connectivity index (χ3v) is 3.10. The lowest BCUT2D eigenvalue weighted by Crippen LogP contribution is -2.06. The molecule has 0 amide bonds. The Morgan fingerprint density at radius 2 is 2.00 bits per heavy atom. The molecule has 4 nitrogen and oxygen atoms in total. The molecule has 0 aliphatic rings. The molecule has 0 spiro atoms. The monoisotopic (exact) mass is 258 g/mol. The number of nitrogens with zero attached hydrogens (tertiary/aromatic N) is 1. The molecule has 100 valence electrons. The van der Waals surface area contributed by atoms with Crippen LogP contribution in [0.3, 0.4) is 0 Å². The fourth-order valence-corrected chi connectivity index (χ4v) is 2.09. The number of anilines is 1. The standard InChI is InChI=1S/C15H18N2O2/c1-2-3-6-9-16-14-12-8-5-4-7-11(12)13(10-17-14)15(18)19/h4-5,7-8,10H,2-3,6,9H2,1H3,(H,16,17)(H,18,19). The Morgan fingerprint density at radius 1 is 1.26 bits per heavy atom. The van der Waals surface area contributed by atoms with Gasteiger partial charge in [0.2, 0.25) is 0 Å². The third-order valence-electron chi connectivity index (χ3n) is 3.10. The van der Waals surface area contributed by atoms with Crippen molar-refractivity contribution in [1.29, 1.82) is 0 Å². The lowest BCUT2D eigenvalue weighted by Gasteiger charge is -2.10. The molecule has 0 aliphatic carbocycles. The van der Waals surface area contributed by atoms with Crippen LogP contribution in [0, 0.1) is 0 Å². The van der Waals surface area contributed by atoms with Crippen molar-refractivity contribution in [3.8, 4) is 0 Å². The lowest BCUT2D eigenvalue weighted by molar-refractivity contribution is 0.0698. The van der Waals surface area contributed by atoms with Gasteiger partial charge >= 0.3 is 5.97 Å². The van der Waals surface area contributed by atoms with Gasteiger partial charge in [0.25, 0.3) is 0 Å². The summed E-state index contributed by atoms with van der Waals surface area (Å²) in [6.07, 6.45) is 4.87. The van der Waals surface area contributed by atoms with Crippen molar-refractivity contribution in [3.05, 3.63) is 36.0 Å². The smallest absolute Gasteiger partial charge is 0.337 e. The number of fused-ring (bicyclic) bond motifs is 1. The number of aromatic carboxylic acids is 1. The maximum absolute atomic E-state index is 11.2. The molecule has 2 N–H and O–H groups in total. The summed E-state index contributed by atoms with van der Waals surface area (Å²) in [5.41, 5.74) is 0.245. The van der Waals surface area contributed by atoms with Crippen LogP contribution in [0.1, 0.15) is 36.5 Å². The molecule has 0 fully saturated rings. The zero-order valence-corrected chi connectivity index (χ0v) is 11.0. The molecular weight excluding hydrogens is 240 g/mol. The molecule has 2 aromatic rings. The van der Waals surface area contributed by atoms with Gasteiger partial charge in [-0.05, 0) is 6.42 Å². The molecule has 1 aromatic carbocycles. The van der Waals surface area contributed by atoms with E-state index in [-0.39, 0.29) is 5.56 Å². The summed E-state index contributed by atoms with van der Waals surface area (Å²) in [4.78, 5) is 15.4. The van der Waals surface area contributed by atoms with Gasteiger partial charge in [0.1, 0.15) is 5.82 Å². The van der Waals surface area contributed by atoms with E-state index in [1.54, 1.807) is 0 Å². The maximum atomic E-state index is 11.2. The molecule has 19 heavy (non-hydrogen) atoms. The van der Waals surface area contributed by atoms with Crippen molar-refractivity contribution < 1.29 is 9.90 Å². The van der Waals surface area contributed by atoms with Crippen LogP contribution in [0.5, 0.6) is 0 Å². The Bertz CT molecular complexity index is 581. The number of aromatic nitrogens is 1. The number of nitrogens with one attached hydrogen (secondary N) is 1. The summed E-state index contributed by atoms with van der Waals surface area (Å²) in [6.45, 7) is 3.02. The number of rotatable bonds is 6. The van der Waals surface area contributed by atoms with Crippen molar-refractivity contribution in [3.63, 3.8) is 0 Å². The molecule has 1 aromatic heterocycles. The van der Waals surface area contributed by atoms with Gasteiger partial charge in [-0.3, -0.25) is 0 Å². The molecule has 0 saturated carbocycles. The Hall–Kier alpha value is -2.10. The predicted molar refractivity (Wildman–Crippen MR) is 76.7 cm³/mol. The van der Waals surface area contributed by atoms with Crippen LogP contribution >= 0.6 is 0 Å². The zero-order valence-electron chi connectivity index (χ0n) is 11.0. The molecule has 0 saturated heterocycles. The molecule has 0 atom stereocenters. The summed E-state index contributed by atoms with van der Waals surface area (Å²) < 4.78 is 0. The van der Waals surface area contributed by atoms with E-state index in [0.717, 1.165) is 29.6 Å². The molecule has 1 heterocycles. The average Bonchev–Trinajstić information content (AvgIpc) is 2.43. The van der Waals surface area contributed by atoms with Gasteiger partial charge in [-0.1, -0.05) is 44.0 Å². The Balaban J connectivity index is 2.30. The average molecular weight is 258 g/mol. The van der Waals surface area contributed by atoms with Crippen LogP contribution in [-0.2, 0) is 0 Å². The fourth-order valence-electron chi connectivity index (χ4n) is 2.09. The Labute approximate surface area is 112 Å². The second-order valence-electron chi connectivity index (χ2n) is 4.51. The van der Waals surface area contributed by atoms with Crippen molar-refractivity contribution in [1.82, 2.24) is 4.98 Å². The van der Waals surface area contributed by atoms with E-state index in [2.05, 4.69) is 17.2 Å². The van der Waals surface area contributed by atoms with E-state index in [9.17, 15) is 4.79 Å².